The number of benzene rings is 2. The smallest absolute Gasteiger partial charge is 0.229 e. The zero-order valence-electron chi connectivity index (χ0n) is 18.7. The largest absolute Gasteiger partial charge is 0.378 e. The Morgan fingerprint density at radius 1 is 1.03 bits per heavy atom. The van der Waals surface area contributed by atoms with E-state index in [-0.39, 0.29) is 0 Å². The maximum Gasteiger partial charge on any atom is 0.229 e. The molecule has 0 spiro atoms. The Labute approximate surface area is 193 Å². The fourth-order valence-corrected chi connectivity index (χ4v) is 4.46. The van der Waals surface area contributed by atoms with Gasteiger partial charge in [0.25, 0.3) is 0 Å². The SMILES string of the molecule is Cc1nc(Nc2ccccc2N2CCOCC2)nc2c1CCN2Cc1ccc(NC#N)cc1. The van der Waals surface area contributed by atoms with Gasteiger partial charge in [-0.2, -0.15) is 10.2 Å². The summed E-state index contributed by atoms with van der Waals surface area (Å²) in [5.74, 6) is 1.61. The number of hydrogen-bond donors (Lipinski definition) is 2. The number of rotatable bonds is 6. The molecule has 2 aromatic carbocycles. The van der Waals surface area contributed by atoms with E-state index in [0.29, 0.717) is 5.95 Å². The summed E-state index contributed by atoms with van der Waals surface area (Å²) in [6.45, 7) is 6.97. The van der Waals surface area contributed by atoms with E-state index in [9.17, 15) is 0 Å². The van der Waals surface area contributed by atoms with Crippen molar-refractivity contribution in [3.63, 3.8) is 0 Å². The van der Waals surface area contributed by atoms with Gasteiger partial charge >= 0.3 is 0 Å². The molecule has 0 amide bonds. The maximum absolute atomic E-state index is 8.78. The monoisotopic (exact) mass is 441 g/mol. The van der Waals surface area contributed by atoms with E-state index in [1.165, 1.54) is 11.1 Å². The van der Waals surface area contributed by atoms with Gasteiger partial charge in [-0.15, -0.1) is 0 Å². The van der Waals surface area contributed by atoms with E-state index in [0.717, 1.165) is 74.4 Å². The van der Waals surface area contributed by atoms with Crippen molar-refractivity contribution in [1.29, 1.82) is 5.26 Å². The predicted molar refractivity (Wildman–Crippen MR) is 130 cm³/mol. The van der Waals surface area contributed by atoms with Crippen LogP contribution in [0.5, 0.6) is 0 Å². The van der Waals surface area contributed by atoms with Crippen LogP contribution in [0, 0.1) is 18.4 Å². The number of fused-ring (bicyclic) bond motifs is 1. The number of aromatic nitrogens is 2. The van der Waals surface area contributed by atoms with Crippen molar-refractivity contribution in [1.82, 2.24) is 9.97 Å². The lowest BCUT2D eigenvalue weighted by molar-refractivity contribution is 0.123. The van der Waals surface area contributed by atoms with Gasteiger partial charge in [0.15, 0.2) is 6.19 Å². The number of nitrogens with zero attached hydrogens (tertiary/aromatic N) is 5. The molecule has 1 saturated heterocycles. The highest BCUT2D eigenvalue weighted by Gasteiger charge is 2.25. The fourth-order valence-electron chi connectivity index (χ4n) is 4.46. The van der Waals surface area contributed by atoms with Crippen LogP contribution in [-0.4, -0.2) is 42.8 Å². The van der Waals surface area contributed by atoms with Gasteiger partial charge in [-0.1, -0.05) is 24.3 Å². The molecular weight excluding hydrogens is 414 g/mol. The lowest BCUT2D eigenvalue weighted by atomic mass is 10.2. The Balaban J connectivity index is 1.38. The van der Waals surface area contributed by atoms with Crippen LogP contribution in [0.4, 0.5) is 28.8 Å². The molecular formula is C25H27N7O. The third kappa shape index (κ3) is 4.54. The molecule has 0 unspecified atom stereocenters. The van der Waals surface area contributed by atoms with Crippen LogP contribution in [0.2, 0.25) is 0 Å². The van der Waals surface area contributed by atoms with Gasteiger partial charge in [0, 0.05) is 43.1 Å². The first-order valence-corrected chi connectivity index (χ1v) is 11.3. The summed E-state index contributed by atoms with van der Waals surface area (Å²) in [6.07, 6.45) is 2.90. The van der Waals surface area contributed by atoms with Crippen LogP contribution in [0.25, 0.3) is 0 Å². The van der Waals surface area contributed by atoms with Crippen LogP contribution in [0.15, 0.2) is 48.5 Å². The number of nitrogens with one attached hydrogen (secondary N) is 2. The summed E-state index contributed by atoms with van der Waals surface area (Å²) >= 11 is 0. The molecule has 2 N–H and O–H groups in total. The van der Waals surface area contributed by atoms with Crippen LogP contribution in [0.3, 0.4) is 0 Å². The standard InChI is InChI=1S/C25H27N7O/c1-18-21-10-11-32(16-19-6-8-20(9-7-19)27-17-26)24(21)30-25(28-18)29-22-4-2-3-5-23(22)31-12-14-33-15-13-31/h2-9,27H,10-16H2,1H3,(H,28,29,30). The normalized spacial score (nSPS) is 15.2. The van der Waals surface area contributed by atoms with Crippen molar-refractivity contribution in [3.05, 3.63) is 65.4 Å². The summed E-state index contributed by atoms with van der Waals surface area (Å²) in [6, 6.07) is 16.2. The minimum absolute atomic E-state index is 0.618. The third-order valence-corrected chi connectivity index (χ3v) is 6.15. The Morgan fingerprint density at radius 2 is 1.82 bits per heavy atom. The second-order valence-corrected chi connectivity index (χ2v) is 8.28. The number of anilines is 5. The van der Waals surface area contributed by atoms with E-state index < -0.39 is 0 Å². The molecule has 0 saturated carbocycles. The molecule has 0 aliphatic carbocycles. The number of aryl methyl sites for hydroxylation is 1. The average Bonchev–Trinajstić information content (AvgIpc) is 3.24. The van der Waals surface area contributed by atoms with Crippen molar-refractivity contribution in [2.75, 3.05) is 53.3 Å². The number of ether oxygens (including phenoxy) is 1. The molecule has 2 aliphatic heterocycles. The second-order valence-electron chi connectivity index (χ2n) is 8.28. The Kier molecular flexibility index (Phi) is 5.96. The fraction of sp³-hybridized carbons (Fsp3) is 0.320. The number of morpholine rings is 1. The molecule has 33 heavy (non-hydrogen) atoms. The summed E-state index contributed by atoms with van der Waals surface area (Å²) in [5, 5.41) is 14.9. The first-order valence-electron chi connectivity index (χ1n) is 11.3. The molecule has 8 heteroatoms. The second kappa shape index (κ2) is 9.35. The summed E-state index contributed by atoms with van der Waals surface area (Å²) in [4.78, 5) is 14.3. The molecule has 1 fully saturated rings. The zero-order chi connectivity index (χ0) is 22.6. The highest BCUT2D eigenvalue weighted by molar-refractivity contribution is 5.74. The minimum atomic E-state index is 0.618. The van der Waals surface area contributed by atoms with Crippen LogP contribution in [-0.2, 0) is 17.7 Å². The topological polar surface area (TPSA) is 89.3 Å². The number of hydrogen-bond acceptors (Lipinski definition) is 8. The molecule has 0 radical (unpaired) electrons. The Hall–Kier alpha value is -3.83. The molecule has 0 bridgehead atoms. The van der Waals surface area contributed by atoms with E-state index in [4.69, 9.17) is 20.0 Å². The predicted octanol–water partition coefficient (Wildman–Crippen LogP) is 3.82. The van der Waals surface area contributed by atoms with Crippen molar-refractivity contribution in [2.45, 2.75) is 19.9 Å². The summed E-state index contributed by atoms with van der Waals surface area (Å²) in [7, 11) is 0. The first-order chi connectivity index (χ1) is 16.2. The van der Waals surface area contributed by atoms with E-state index >= 15 is 0 Å². The molecule has 1 aromatic heterocycles. The van der Waals surface area contributed by atoms with Gasteiger partial charge in [-0.3, -0.25) is 5.32 Å². The van der Waals surface area contributed by atoms with E-state index in [1.54, 1.807) is 0 Å². The van der Waals surface area contributed by atoms with E-state index in [2.05, 4.69) is 45.6 Å². The average molecular weight is 442 g/mol. The van der Waals surface area contributed by atoms with Crippen LogP contribution in [0.1, 0.15) is 16.8 Å². The van der Waals surface area contributed by atoms with Gasteiger partial charge in [-0.25, -0.2) is 4.98 Å². The maximum atomic E-state index is 8.78. The minimum Gasteiger partial charge on any atom is -0.378 e. The highest BCUT2D eigenvalue weighted by Crippen LogP contribution is 2.33. The van der Waals surface area contributed by atoms with Gasteiger partial charge in [0.1, 0.15) is 5.82 Å². The number of nitriles is 1. The summed E-state index contributed by atoms with van der Waals surface area (Å²) in [5.41, 5.74) is 6.35. The lowest BCUT2D eigenvalue weighted by Gasteiger charge is -2.30. The lowest BCUT2D eigenvalue weighted by Crippen LogP contribution is -2.36. The molecule has 2 aliphatic rings. The third-order valence-electron chi connectivity index (χ3n) is 6.15. The molecule has 8 nitrogen and oxygen atoms in total. The highest BCUT2D eigenvalue weighted by atomic mass is 16.5. The molecule has 3 aromatic rings. The van der Waals surface area contributed by atoms with Crippen LogP contribution >= 0.6 is 0 Å². The van der Waals surface area contributed by atoms with Gasteiger partial charge < -0.3 is 19.9 Å². The van der Waals surface area contributed by atoms with Crippen LogP contribution < -0.4 is 20.4 Å². The zero-order valence-corrected chi connectivity index (χ0v) is 18.7. The Bertz CT molecular complexity index is 1170. The van der Waals surface area contributed by atoms with Crippen molar-refractivity contribution in [2.24, 2.45) is 0 Å². The first kappa shape index (κ1) is 21.0. The van der Waals surface area contributed by atoms with Gasteiger partial charge in [0.2, 0.25) is 5.95 Å². The molecule has 3 heterocycles. The van der Waals surface area contributed by atoms with Crippen molar-refractivity contribution in [3.8, 4) is 6.19 Å². The van der Waals surface area contributed by atoms with Crippen molar-refractivity contribution < 1.29 is 4.74 Å². The van der Waals surface area contributed by atoms with E-state index in [1.807, 2.05) is 36.5 Å². The quantitative estimate of drug-likeness (QED) is 0.441. The Morgan fingerprint density at radius 3 is 2.61 bits per heavy atom. The van der Waals surface area contributed by atoms with Gasteiger partial charge in [-0.05, 0) is 43.2 Å². The molecule has 0 atom stereocenters. The summed E-state index contributed by atoms with van der Waals surface area (Å²) < 4.78 is 5.51. The number of para-hydroxylation sites is 2. The van der Waals surface area contributed by atoms with Gasteiger partial charge in [0.05, 0.1) is 24.6 Å². The molecule has 168 valence electrons. The van der Waals surface area contributed by atoms with Crippen molar-refractivity contribution >= 4 is 28.8 Å². The molecule has 5 rings (SSSR count).